The summed E-state index contributed by atoms with van der Waals surface area (Å²) in [6.07, 6.45) is 10.7. The second-order valence-electron chi connectivity index (χ2n) is 13.7. The first kappa shape index (κ1) is 39.3. The van der Waals surface area contributed by atoms with E-state index in [0.717, 1.165) is 61.5 Å². The van der Waals surface area contributed by atoms with Crippen LogP contribution in [0.4, 0.5) is 0 Å². The predicted octanol–water partition coefficient (Wildman–Crippen LogP) is 11.2. The molecule has 0 bridgehead atoms. The average molecular weight is 761 g/mol. The number of rotatable bonds is 5. The number of carbonyl (C=O) groups is 1. The number of aryl methyl sites for hydroxylation is 6. The van der Waals surface area contributed by atoms with Crippen LogP contribution in [0.3, 0.4) is 0 Å². The Hall–Kier alpha value is -7.40. The van der Waals surface area contributed by atoms with Gasteiger partial charge in [-0.2, -0.15) is 0 Å². The molecule has 6 heterocycles. The zero-order chi connectivity index (χ0) is 40.5. The molecule has 0 radical (unpaired) electrons. The van der Waals surface area contributed by atoms with Gasteiger partial charge in [-0.1, -0.05) is 30.3 Å². The third-order valence-corrected chi connectivity index (χ3v) is 8.82. The molecule has 0 fully saturated rings. The van der Waals surface area contributed by atoms with Crippen LogP contribution in [-0.2, 0) is 0 Å². The number of benzene rings is 3. The molecule has 11 heteroatoms. The predicted molar refractivity (Wildman–Crippen MR) is 225 cm³/mol. The number of carboxylic acid groups (broad SMARTS) is 1. The van der Waals surface area contributed by atoms with Crippen molar-refractivity contribution in [2.24, 2.45) is 0 Å². The highest BCUT2D eigenvalue weighted by molar-refractivity contribution is 5.91. The number of hydrogen-bond acceptors (Lipinski definition) is 7. The Bertz CT molecular complexity index is 2780. The molecule has 0 aliphatic rings. The van der Waals surface area contributed by atoms with Crippen molar-refractivity contribution in [1.29, 1.82) is 0 Å². The van der Waals surface area contributed by atoms with E-state index in [1.807, 2.05) is 102 Å². The molecule has 57 heavy (non-hydrogen) atoms. The van der Waals surface area contributed by atoms with Gasteiger partial charge in [0.25, 0.3) is 0 Å². The number of carboxylic acids is 1. The Balaban J connectivity index is 0.000000135. The molecule has 9 aromatic rings. The summed E-state index contributed by atoms with van der Waals surface area (Å²) in [6.45, 7) is 11.9. The zero-order valence-electron chi connectivity index (χ0n) is 32.6. The molecular weight excluding hydrogens is 717 g/mol. The van der Waals surface area contributed by atoms with Crippen molar-refractivity contribution in [3.8, 4) is 28.7 Å². The molecule has 288 valence electrons. The summed E-state index contributed by atoms with van der Waals surface area (Å²) in [7, 11) is 0. The van der Waals surface area contributed by atoms with E-state index < -0.39 is 5.97 Å². The van der Waals surface area contributed by atoms with E-state index in [1.165, 1.54) is 22.6 Å². The van der Waals surface area contributed by atoms with Gasteiger partial charge in [0, 0.05) is 40.9 Å². The third-order valence-electron chi connectivity index (χ3n) is 8.82. The smallest absolute Gasteiger partial charge is 0.339 e. The number of phenolic OH excluding ortho intramolecular Hbond substituents is 1. The average Bonchev–Trinajstić information content (AvgIpc) is 3.97. The summed E-state index contributed by atoms with van der Waals surface area (Å²) in [5, 5.41) is 21.4. The van der Waals surface area contributed by atoms with Crippen LogP contribution in [0.5, 0.6) is 28.7 Å². The fourth-order valence-corrected chi connectivity index (χ4v) is 5.68. The van der Waals surface area contributed by atoms with E-state index in [1.54, 1.807) is 36.8 Å². The second kappa shape index (κ2) is 17.8. The van der Waals surface area contributed by atoms with Gasteiger partial charge < -0.3 is 34.6 Å². The molecule has 0 atom stereocenters. The van der Waals surface area contributed by atoms with Crippen LogP contribution in [0, 0.1) is 41.5 Å². The quantitative estimate of drug-likeness (QED) is 0.116. The molecule has 0 amide bonds. The van der Waals surface area contributed by atoms with Crippen LogP contribution < -0.4 is 9.47 Å². The first-order valence-electron chi connectivity index (χ1n) is 18.2. The highest BCUT2D eigenvalue weighted by atomic mass is 16.5. The lowest BCUT2D eigenvalue weighted by molar-refractivity contribution is 0.0694. The van der Waals surface area contributed by atoms with Crippen LogP contribution in [-0.4, -0.2) is 46.1 Å². The topological polar surface area (TPSA) is 162 Å². The summed E-state index contributed by atoms with van der Waals surface area (Å²) in [5.41, 5.74) is 9.20. The number of aromatic nitrogens is 6. The fraction of sp³-hybridized carbons (Fsp3) is 0.130. The van der Waals surface area contributed by atoms with Crippen LogP contribution in [0.25, 0.3) is 33.1 Å². The fourth-order valence-electron chi connectivity index (χ4n) is 5.68. The molecule has 0 aliphatic heterocycles. The highest BCUT2D eigenvalue weighted by Gasteiger charge is 2.13. The standard InChI is InChI=1S/C15H12N2O3.C15H14N2O.C8H8N2.C8H10O/c1-9-2-3-12(15(18)19)13(6-9)20-11-7-10-4-5-16-14(10)17-8-11;1-10-3-4-11(2)14(7-10)18-13-8-12-5-6-16-15(12)17-9-13;1-6-4-7-2-3-9-8(7)10-5-6;1-6-3-4-7(2)8(9)5-6/h2-8H,1H3,(H,16,17)(H,18,19);3-9H,1-2H3,(H,16,17);2-5H,1H3,(H,9,10);3-5,9H,1-2H3. The highest BCUT2D eigenvalue weighted by Crippen LogP contribution is 2.29. The van der Waals surface area contributed by atoms with Gasteiger partial charge in [-0.25, -0.2) is 19.7 Å². The maximum absolute atomic E-state index is 11.2. The lowest BCUT2D eigenvalue weighted by atomic mass is 10.1. The van der Waals surface area contributed by atoms with E-state index >= 15 is 0 Å². The Morgan fingerprint density at radius 3 is 1.49 bits per heavy atom. The lowest BCUT2D eigenvalue weighted by Crippen LogP contribution is -2.00. The summed E-state index contributed by atoms with van der Waals surface area (Å²) in [5.74, 6) is 1.83. The van der Waals surface area contributed by atoms with Crippen molar-refractivity contribution in [1.82, 2.24) is 29.9 Å². The molecule has 5 N–H and O–H groups in total. The summed E-state index contributed by atoms with van der Waals surface area (Å²) in [4.78, 5) is 33.0. The molecule has 9 rings (SSSR count). The lowest BCUT2D eigenvalue weighted by Gasteiger charge is -2.09. The Morgan fingerprint density at radius 2 is 0.965 bits per heavy atom. The number of aromatic hydroxyl groups is 1. The normalized spacial score (nSPS) is 10.5. The SMILES string of the molecule is Cc1ccc(C(=O)O)c(Oc2cnc3[nH]ccc3c2)c1.Cc1ccc(C)c(O)c1.Cc1ccc(C)c(Oc2cnc3[nH]ccc3c2)c1.Cc1cnc2[nH]ccc2c1. The molecule has 6 aromatic heterocycles. The molecular formula is C46H44N6O5. The molecule has 0 unspecified atom stereocenters. The van der Waals surface area contributed by atoms with E-state index in [0.29, 0.717) is 17.2 Å². The summed E-state index contributed by atoms with van der Waals surface area (Å²) < 4.78 is 11.6. The Morgan fingerprint density at radius 1 is 0.509 bits per heavy atom. The zero-order valence-corrected chi connectivity index (χ0v) is 32.6. The number of pyridine rings is 3. The molecule has 11 nitrogen and oxygen atoms in total. The van der Waals surface area contributed by atoms with Crippen molar-refractivity contribution in [3.63, 3.8) is 0 Å². The molecule has 0 spiro atoms. The van der Waals surface area contributed by atoms with Crippen molar-refractivity contribution >= 4 is 39.1 Å². The number of H-pyrrole nitrogens is 3. The number of phenols is 1. The number of fused-ring (bicyclic) bond motifs is 3. The molecule has 0 saturated heterocycles. The number of ether oxygens (including phenoxy) is 2. The minimum absolute atomic E-state index is 0.129. The van der Waals surface area contributed by atoms with Gasteiger partial charge >= 0.3 is 5.97 Å². The summed E-state index contributed by atoms with van der Waals surface area (Å²) in [6, 6.07) is 28.6. The number of aromatic carboxylic acids is 1. The van der Waals surface area contributed by atoms with Crippen molar-refractivity contribution in [2.45, 2.75) is 41.5 Å². The molecule has 0 saturated carbocycles. The largest absolute Gasteiger partial charge is 0.508 e. The summed E-state index contributed by atoms with van der Waals surface area (Å²) >= 11 is 0. The van der Waals surface area contributed by atoms with Crippen molar-refractivity contribution in [3.05, 3.63) is 167 Å². The van der Waals surface area contributed by atoms with Crippen LogP contribution >= 0.6 is 0 Å². The first-order valence-corrected chi connectivity index (χ1v) is 18.2. The van der Waals surface area contributed by atoms with Gasteiger partial charge in [0.15, 0.2) is 0 Å². The second-order valence-corrected chi connectivity index (χ2v) is 13.7. The third kappa shape index (κ3) is 10.4. The monoisotopic (exact) mass is 760 g/mol. The first-order chi connectivity index (χ1) is 27.4. The number of hydrogen-bond donors (Lipinski definition) is 5. The maximum Gasteiger partial charge on any atom is 0.339 e. The van der Waals surface area contributed by atoms with Gasteiger partial charge in [0.2, 0.25) is 0 Å². The van der Waals surface area contributed by atoms with Gasteiger partial charge in [-0.05, 0) is 136 Å². The number of aromatic amines is 3. The minimum Gasteiger partial charge on any atom is -0.508 e. The maximum atomic E-state index is 11.2. The number of nitrogens with zero attached hydrogens (tertiary/aromatic N) is 3. The molecule has 0 aliphatic carbocycles. The van der Waals surface area contributed by atoms with E-state index in [2.05, 4.69) is 55.0 Å². The van der Waals surface area contributed by atoms with Gasteiger partial charge in [0.05, 0.1) is 12.4 Å². The van der Waals surface area contributed by atoms with Gasteiger partial charge in [0.1, 0.15) is 51.3 Å². The van der Waals surface area contributed by atoms with E-state index in [-0.39, 0.29) is 5.56 Å². The molecule has 3 aromatic carbocycles. The van der Waals surface area contributed by atoms with Crippen molar-refractivity contribution in [2.75, 3.05) is 0 Å². The van der Waals surface area contributed by atoms with Gasteiger partial charge in [-0.3, -0.25) is 0 Å². The van der Waals surface area contributed by atoms with E-state index in [4.69, 9.17) is 14.6 Å². The Labute approximate surface area is 330 Å². The van der Waals surface area contributed by atoms with Crippen LogP contribution in [0.15, 0.2) is 128 Å². The number of nitrogens with one attached hydrogen (secondary N) is 3. The van der Waals surface area contributed by atoms with Crippen LogP contribution in [0.2, 0.25) is 0 Å². The van der Waals surface area contributed by atoms with Gasteiger partial charge in [-0.15, -0.1) is 0 Å². The van der Waals surface area contributed by atoms with Crippen LogP contribution in [0.1, 0.15) is 43.7 Å². The Kier molecular flexibility index (Phi) is 12.3. The minimum atomic E-state index is -1.02. The van der Waals surface area contributed by atoms with E-state index in [9.17, 15) is 9.90 Å². The van der Waals surface area contributed by atoms with Crippen molar-refractivity contribution < 1.29 is 24.5 Å².